The van der Waals surface area contributed by atoms with Crippen molar-refractivity contribution in [1.82, 2.24) is 25.0 Å². The van der Waals surface area contributed by atoms with Crippen LogP contribution in [0.5, 0.6) is 0 Å². The summed E-state index contributed by atoms with van der Waals surface area (Å²) in [7, 11) is 0. The minimum atomic E-state index is 0.0867. The van der Waals surface area contributed by atoms with Gasteiger partial charge in [-0.1, -0.05) is 0 Å². The van der Waals surface area contributed by atoms with E-state index in [1.54, 1.807) is 11.3 Å². The Morgan fingerprint density at radius 1 is 1.48 bits per heavy atom. The molecule has 7 heteroatoms. The lowest BCUT2D eigenvalue weighted by Gasteiger charge is -2.27. The highest BCUT2D eigenvalue weighted by Gasteiger charge is 2.32. The standard InChI is InChI=1S/C16H21N5OS/c1-11-3-2-6-21(11)16(22)15-12-9-20(7-4-13(12)18-19-15)10-14-17-5-8-23-14/h5,8,11H,2-4,6-7,9-10H2,1H3,(H,18,19)/t11-/m0/s1. The van der Waals surface area contributed by atoms with E-state index in [4.69, 9.17) is 0 Å². The number of carbonyl (C=O) groups is 1. The number of likely N-dealkylation sites (tertiary alicyclic amines) is 1. The maximum Gasteiger partial charge on any atom is 0.274 e. The number of amides is 1. The Morgan fingerprint density at radius 2 is 2.39 bits per heavy atom. The highest BCUT2D eigenvalue weighted by atomic mass is 32.1. The quantitative estimate of drug-likeness (QED) is 0.935. The number of H-pyrrole nitrogens is 1. The molecular weight excluding hydrogens is 310 g/mol. The van der Waals surface area contributed by atoms with Crippen LogP contribution in [0.25, 0.3) is 0 Å². The summed E-state index contributed by atoms with van der Waals surface area (Å²) in [6, 6.07) is 0.324. The molecular formula is C16H21N5OS. The number of fused-ring (bicyclic) bond motifs is 1. The molecule has 0 aliphatic carbocycles. The second kappa shape index (κ2) is 6.05. The molecule has 0 saturated carbocycles. The van der Waals surface area contributed by atoms with E-state index in [-0.39, 0.29) is 5.91 Å². The molecule has 0 radical (unpaired) electrons. The number of carbonyl (C=O) groups excluding carboxylic acids is 1. The molecule has 1 fully saturated rings. The fraction of sp³-hybridized carbons (Fsp3) is 0.562. The van der Waals surface area contributed by atoms with Crippen molar-refractivity contribution >= 4 is 17.2 Å². The molecule has 2 aromatic rings. The molecule has 6 nitrogen and oxygen atoms in total. The van der Waals surface area contributed by atoms with Gasteiger partial charge in [-0.2, -0.15) is 5.10 Å². The summed E-state index contributed by atoms with van der Waals surface area (Å²) in [4.78, 5) is 21.5. The van der Waals surface area contributed by atoms with Gasteiger partial charge >= 0.3 is 0 Å². The van der Waals surface area contributed by atoms with Crippen molar-refractivity contribution < 1.29 is 4.79 Å². The number of rotatable bonds is 3. The Morgan fingerprint density at radius 3 is 3.13 bits per heavy atom. The third-order valence-corrected chi connectivity index (χ3v) is 5.64. The molecule has 0 spiro atoms. The summed E-state index contributed by atoms with van der Waals surface area (Å²) >= 11 is 1.68. The Hall–Kier alpha value is -1.73. The largest absolute Gasteiger partial charge is 0.335 e. The second-order valence-electron chi connectivity index (χ2n) is 6.41. The molecule has 23 heavy (non-hydrogen) atoms. The molecule has 1 atom stereocenters. The first kappa shape index (κ1) is 14.8. The predicted molar refractivity (Wildman–Crippen MR) is 88.3 cm³/mol. The van der Waals surface area contributed by atoms with Gasteiger partial charge in [0.2, 0.25) is 0 Å². The topological polar surface area (TPSA) is 65.1 Å². The maximum absolute atomic E-state index is 12.8. The third kappa shape index (κ3) is 2.79. The fourth-order valence-electron chi connectivity index (χ4n) is 3.56. The molecule has 0 unspecified atom stereocenters. The minimum Gasteiger partial charge on any atom is -0.335 e. The van der Waals surface area contributed by atoms with Gasteiger partial charge in [0, 0.05) is 54.9 Å². The van der Waals surface area contributed by atoms with E-state index in [1.807, 2.05) is 16.5 Å². The summed E-state index contributed by atoms with van der Waals surface area (Å²) in [6.45, 7) is 5.57. The van der Waals surface area contributed by atoms with Crippen LogP contribution in [0.15, 0.2) is 11.6 Å². The molecule has 1 amide bonds. The average molecular weight is 331 g/mol. The average Bonchev–Trinajstić information content (AvgIpc) is 3.27. The van der Waals surface area contributed by atoms with Crippen LogP contribution < -0.4 is 0 Å². The first-order valence-corrected chi connectivity index (χ1v) is 9.08. The van der Waals surface area contributed by atoms with Gasteiger partial charge in [0.25, 0.3) is 5.91 Å². The maximum atomic E-state index is 12.8. The number of aromatic amines is 1. The Labute approximate surface area is 139 Å². The van der Waals surface area contributed by atoms with Crippen LogP contribution in [0, 0.1) is 0 Å². The minimum absolute atomic E-state index is 0.0867. The smallest absolute Gasteiger partial charge is 0.274 e. The van der Waals surface area contributed by atoms with Gasteiger partial charge < -0.3 is 4.90 Å². The first-order chi connectivity index (χ1) is 11.2. The number of nitrogens with zero attached hydrogens (tertiary/aromatic N) is 4. The van der Waals surface area contributed by atoms with E-state index < -0.39 is 0 Å². The van der Waals surface area contributed by atoms with E-state index in [0.717, 1.165) is 61.7 Å². The molecule has 4 heterocycles. The lowest BCUT2D eigenvalue weighted by Crippen LogP contribution is -2.36. The molecule has 4 rings (SSSR count). The van der Waals surface area contributed by atoms with Gasteiger partial charge in [-0.25, -0.2) is 4.98 Å². The monoisotopic (exact) mass is 331 g/mol. The molecule has 2 aliphatic heterocycles. The summed E-state index contributed by atoms with van der Waals surface area (Å²) in [5, 5.41) is 10.6. The Balaban J connectivity index is 1.53. The van der Waals surface area contributed by atoms with Gasteiger partial charge in [0.05, 0.1) is 6.54 Å². The van der Waals surface area contributed by atoms with Gasteiger partial charge in [-0.05, 0) is 19.8 Å². The highest BCUT2D eigenvalue weighted by molar-refractivity contribution is 7.09. The van der Waals surface area contributed by atoms with E-state index in [1.165, 1.54) is 0 Å². The zero-order chi connectivity index (χ0) is 15.8. The predicted octanol–water partition coefficient (Wildman–Crippen LogP) is 2.05. The Kier molecular flexibility index (Phi) is 3.90. The number of hydrogen-bond donors (Lipinski definition) is 1. The molecule has 0 aromatic carbocycles. The lowest BCUT2D eigenvalue weighted by molar-refractivity contribution is 0.0738. The highest BCUT2D eigenvalue weighted by Crippen LogP contribution is 2.25. The van der Waals surface area contributed by atoms with Crippen molar-refractivity contribution in [3.8, 4) is 0 Å². The number of aromatic nitrogens is 3. The van der Waals surface area contributed by atoms with Crippen LogP contribution in [0.2, 0.25) is 0 Å². The zero-order valence-corrected chi connectivity index (χ0v) is 14.1. The molecule has 1 saturated heterocycles. The number of nitrogens with one attached hydrogen (secondary N) is 1. The van der Waals surface area contributed by atoms with E-state index in [0.29, 0.717) is 11.7 Å². The van der Waals surface area contributed by atoms with Crippen LogP contribution in [0.4, 0.5) is 0 Å². The third-order valence-electron chi connectivity index (χ3n) is 4.87. The summed E-state index contributed by atoms with van der Waals surface area (Å²) in [5.74, 6) is 0.0867. The Bertz CT molecular complexity index is 695. The van der Waals surface area contributed by atoms with E-state index in [2.05, 4.69) is 27.0 Å². The second-order valence-corrected chi connectivity index (χ2v) is 7.38. The lowest BCUT2D eigenvalue weighted by atomic mass is 10.0. The van der Waals surface area contributed by atoms with Crippen molar-refractivity contribution in [2.75, 3.05) is 13.1 Å². The van der Waals surface area contributed by atoms with Gasteiger partial charge in [0.15, 0.2) is 5.69 Å². The normalized spacial score (nSPS) is 21.6. The summed E-state index contributed by atoms with van der Waals surface area (Å²) < 4.78 is 0. The van der Waals surface area contributed by atoms with Crippen molar-refractivity contribution in [2.24, 2.45) is 0 Å². The zero-order valence-electron chi connectivity index (χ0n) is 13.3. The molecule has 2 aliphatic rings. The van der Waals surface area contributed by atoms with Gasteiger partial charge in [-0.15, -0.1) is 11.3 Å². The van der Waals surface area contributed by atoms with Crippen molar-refractivity contribution in [3.63, 3.8) is 0 Å². The molecule has 0 bridgehead atoms. The van der Waals surface area contributed by atoms with Crippen LogP contribution in [-0.2, 0) is 19.5 Å². The summed E-state index contributed by atoms with van der Waals surface area (Å²) in [6.07, 6.45) is 4.94. The molecule has 122 valence electrons. The first-order valence-electron chi connectivity index (χ1n) is 8.20. The molecule has 2 aromatic heterocycles. The fourth-order valence-corrected chi connectivity index (χ4v) is 4.21. The van der Waals surface area contributed by atoms with Gasteiger partial charge in [0.1, 0.15) is 5.01 Å². The van der Waals surface area contributed by atoms with Crippen LogP contribution in [0.1, 0.15) is 46.5 Å². The van der Waals surface area contributed by atoms with Crippen molar-refractivity contribution in [2.45, 2.75) is 45.3 Å². The van der Waals surface area contributed by atoms with Crippen LogP contribution in [-0.4, -0.2) is 50.0 Å². The number of hydrogen-bond acceptors (Lipinski definition) is 5. The molecule has 1 N–H and O–H groups in total. The SMILES string of the molecule is C[C@H]1CCCN1C(=O)c1n[nH]c2c1CN(Cc1nccs1)CC2. The van der Waals surface area contributed by atoms with Crippen LogP contribution >= 0.6 is 11.3 Å². The van der Waals surface area contributed by atoms with E-state index in [9.17, 15) is 4.79 Å². The summed E-state index contributed by atoms with van der Waals surface area (Å²) in [5.41, 5.74) is 2.82. The number of thiazole rings is 1. The van der Waals surface area contributed by atoms with Gasteiger partial charge in [-0.3, -0.25) is 14.8 Å². The van der Waals surface area contributed by atoms with Crippen molar-refractivity contribution in [3.05, 3.63) is 33.5 Å². The van der Waals surface area contributed by atoms with Crippen LogP contribution in [0.3, 0.4) is 0 Å². The van der Waals surface area contributed by atoms with E-state index >= 15 is 0 Å². The van der Waals surface area contributed by atoms with Crippen molar-refractivity contribution in [1.29, 1.82) is 0 Å².